The van der Waals surface area contributed by atoms with Crippen molar-refractivity contribution < 1.29 is 26.7 Å². The molecule has 15 heavy (non-hydrogen) atoms. The molecule has 0 bridgehead atoms. The van der Waals surface area contributed by atoms with E-state index in [4.69, 9.17) is 0 Å². The lowest BCUT2D eigenvalue weighted by atomic mass is 10.1. The zero-order valence-electron chi connectivity index (χ0n) is 7.24. The van der Waals surface area contributed by atoms with Crippen LogP contribution in [-0.2, 0) is 0 Å². The van der Waals surface area contributed by atoms with Crippen LogP contribution in [0.1, 0.15) is 16.8 Å². The van der Waals surface area contributed by atoms with Crippen LogP contribution in [0.4, 0.5) is 22.0 Å². The standard InChI is InChI=1S/C9H5F5O/c10-5-2-1-3-6(11)8(5)7(15)4-9(12,13)14/h1-3H,4H2. The first kappa shape index (κ1) is 11.6. The molecular formula is C9H5F5O. The molecule has 0 heterocycles. The van der Waals surface area contributed by atoms with Crippen LogP contribution in [0.25, 0.3) is 0 Å². The van der Waals surface area contributed by atoms with Gasteiger partial charge in [-0.2, -0.15) is 13.2 Å². The number of ketones is 1. The smallest absolute Gasteiger partial charge is 0.294 e. The van der Waals surface area contributed by atoms with Crippen LogP contribution < -0.4 is 0 Å². The molecular weight excluding hydrogens is 219 g/mol. The third-order valence-corrected chi connectivity index (χ3v) is 1.60. The summed E-state index contributed by atoms with van der Waals surface area (Å²) < 4.78 is 61.1. The van der Waals surface area contributed by atoms with Crippen molar-refractivity contribution >= 4 is 5.78 Å². The average molecular weight is 224 g/mol. The molecule has 0 N–H and O–H groups in total. The number of Topliss-reactive ketones (excluding diaryl/α,β-unsaturated/α-hetero) is 1. The van der Waals surface area contributed by atoms with Gasteiger partial charge in [0, 0.05) is 0 Å². The number of rotatable bonds is 2. The van der Waals surface area contributed by atoms with Crippen molar-refractivity contribution in [3.63, 3.8) is 0 Å². The first-order valence-corrected chi connectivity index (χ1v) is 3.85. The number of halogens is 5. The minimum Gasteiger partial charge on any atom is -0.294 e. The molecule has 0 spiro atoms. The molecule has 0 fully saturated rings. The molecule has 0 atom stereocenters. The molecule has 0 aliphatic rings. The van der Waals surface area contributed by atoms with Gasteiger partial charge in [0.05, 0.1) is 5.56 Å². The molecule has 1 aromatic carbocycles. The van der Waals surface area contributed by atoms with Crippen molar-refractivity contribution in [2.45, 2.75) is 12.6 Å². The Morgan fingerprint density at radius 1 is 1.13 bits per heavy atom. The SMILES string of the molecule is O=C(CC(F)(F)F)c1c(F)cccc1F. The largest absolute Gasteiger partial charge is 0.396 e. The van der Waals surface area contributed by atoms with E-state index in [2.05, 4.69) is 0 Å². The number of alkyl halides is 3. The highest BCUT2D eigenvalue weighted by atomic mass is 19.4. The summed E-state index contributed by atoms with van der Waals surface area (Å²) in [6.07, 6.45) is -6.64. The van der Waals surface area contributed by atoms with Gasteiger partial charge in [-0.1, -0.05) is 6.07 Å². The fraction of sp³-hybridized carbons (Fsp3) is 0.222. The van der Waals surface area contributed by atoms with Crippen LogP contribution in [0.15, 0.2) is 18.2 Å². The van der Waals surface area contributed by atoms with E-state index in [1.54, 1.807) is 0 Å². The summed E-state index contributed by atoms with van der Waals surface area (Å²) >= 11 is 0. The second-order valence-electron chi connectivity index (χ2n) is 2.81. The van der Waals surface area contributed by atoms with Crippen LogP contribution in [0.5, 0.6) is 0 Å². The summed E-state index contributed by atoms with van der Waals surface area (Å²) in [5, 5.41) is 0. The van der Waals surface area contributed by atoms with Crippen molar-refractivity contribution in [1.82, 2.24) is 0 Å². The second-order valence-corrected chi connectivity index (χ2v) is 2.81. The Hall–Kier alpha value is -1.46. The second kappa shape index (κ2) is 3.96. The van der Waals surface area contributed by atoms with E-state index in [9.17, 15) is 26.7 Å². The summed E-state index contributed by atoms with van der Waals surface area (Å²) in [6, 6.07) is 2.43. The Balaban J connectivity index is 3.02. The predicted octanol–water partition coefficient (Wildman–Crippen LogP) is 3.10. The normalized spacial score (nSPS) is 11.5. The number of carbonyl (C=O) groups is 1. The maximum absolute atomic E-state index is 12.8. The minimum atomic E-state index is -4.77. The number of hydrogen-bond donors (Lipinski definition) is 0. The lowest BCUT2D eigenvalue weighted by Gasteiger charge is -2.06. The maximum Gasteiger partial charge on any atom is 0.396 e. The molecule has 0 saturated heterocycles. The summed E-state index contributed by atoms with van der Waals surface area (Å²) in [6.45, 7) is 0. The summed E-state index contributed by atoms with van der Waals surface area (Å²) in [5.41, 5.74) is -1.14. The van der Waals surface area contributed by atoms with E-state index < -0.39 is 35.6 Å². The Morgan fingerprint density at radius 2 is 1.60 bits per heavy atom. The van der Waals surface area contributed by atoms with Crippen molar-refractivity contribution in [2.24, 2.45) is 0 Å². The summed E-state index contributed by atoms with van der Waals surface area (Å²) in [5.74, 6) is -4.19. The zero-order chi connectivity index (χ0) is 11.6. The molecule has 0 aliphatic carbocycles. The molecule has 82 valence electrons. The quantitative estimate of drug-likeness (QED) is 0.557. The molecule has 1 aromatic rings. The number of carbonyl (C=O) groups excluding carboxylic acids is 1. The van der Waals surface area contributed by atoms with Gasteiger partial charge in [0.1, 0.15) is 18.1 Å². The van der Waals surface area contributed by atoms with Crippen LogP contribution in [0.3, 0.4) is 0 Å². The molecule has 1 nitrogen and oxygen atoms in total. The third-order valence-electron chi connectivity index (χ3n) is 1.60. The first-order chi connectivity index (χ1) is 6.81. The highest BCUT2D eigenvalue weighted by Crippen LogP contribution is 2.24. The third kappa shape index (κ3) is 3.00. The van der Waals surface area contributed by atoms with Crippen molar-refractivity contribution in [3.8, 4) is 0 Å². The minimum absolute atomic E-state index is 0.729. The van der Waals surface area contributed by atoms with E-state index in [1.807, 2.05) is 0 Å². The van der Waals surface area contributed by atoms with E-state index in [0.717, 1.165) is 18.2 Å². The fourth-order valence-electron chi connectivity index (χ4n) is 1.03. The van der Waals surface area contributed by atoms with Crippen molar-refractivity contribution in [1.29, 1.82) is 0 Å². The Morgan fingerprint density at radius 3 is 2.00 bits per heavy atom. The molecule has 0 saturated carbocycles. The molecule has 0 aliphatic heterocycles. The Labute approximate surface area is 81.5 Å². The number of hydrogen-bond acceptors (Lipinski definition) is 1. The molecule has 0 radical (unpaired) electrons. The summed E-state index contributed by atoms with van der Waals surface area (Å²) in [4.78, 5) is 10.9. The van der Waals surface area contributed by atoms with Crippen LogP contribution >= 0.6 is 0 Å². The van der Waals surface area contributed by atoms with Crippen LogP contribution in [0, 0.1) is 11.6 Å². The topological polar surface area (TPSA) is 17.1 Å². The molecule has 0 amide bonds. The Bertz CT molecular complexity index is 362. The van der Waals surface area contributed by atoms with Gasteiger partial charge < -0.3 is 0 Å². The molecule has 6 heteroatoms. The van der Waals surface area contributed by atoms with Gasteiger partial charge in [-0.3, -0.25) is 4.79 Å². The molecule has 0 aromatic heterocycles. The maximum atomic E-state index is 12.8. The van der Waals surface area contributed by atoms with Gasteiger partial charge in [0.2, 0.25) is 0 Å². The van der Waals surface area contributed by atoms with Crippen LogP contribution in [0.2, 0.25) is 0 Å². The monoisotopic (exact) mass is 224 g/mol. The number of benzene rings is 1. The molecule has 0 unspecified atom stereocenters. The highest BCUT2D eigenvalue weighted by molar-refractivity contribution is 5.96. The fourth-order valence-corrected chi connectivity index (χ4v) is 1.03. The van der Waals surface area contributed by atoms with E-state index in [1.165, 1.54) is 0 Å². The highest BCUT2D eigenvalue weighted by Gasteiger charge is 2.33. The van der Waals surface area contributed by atoms with E-state index in [0.29, 0.717) is 0 Å². The summed E-state index contributed by atoms with van der Waals surface area (Å²) in [7, 11) is 0. The predicted molar refractivity (Wildman–Crippen MR) is 41.4 cm³/mol. The van der Waals surface area contributed by atoms with Crippen LogP contribution in [-0.4, -0.2) is 12.0 Å². The van der Waals surface area contributed by atoms with Crippen molar-refractivity contribution in [2.75, 3.05) is 0 Å². The van der Waals surface area contributed by atoms with Gasteiger partial charge in [0.25, 0.3) is 0 Å². The lowest BCUT2D eigenvalue weighted by molar-refractivity contribution is -0.125. The van der Waals surface area contributed by atoms with Gasteiger partial charge >= 0.3 is 6.18 Å². The average Bonchev–Trinajstić information content (AvgIpc) is 1.99. The van der Waals surface area contributed by atoms with Gasteiger partial charge in [-0.15, -0.1) is 0 Å². The van der Waals surface area contributed by atoms with Gasteiger partial charge in [-0.25, -0.2) is 8.78 Å². The van der Waals surface area contributed by atoms with E-state index >= 15 is 0 Å². The van der Waals surface area contributed by atoms with Crippen molar-refractivity contribution in [3.05, 3.63) is 35.4 Å². The Kier molecular flexibility index (Phi) is 3.06. The van der Waals surface area contributed by atoms with Gasteiger partial charge in [0.15, 0.2) is 5.78 Å². The lowest BCUT2D eigenvalue weighted by Crippen LogP contribution is -2.17. The first-order valence-electron chi connectivity index (χ1n) is 3.85. The molecule has 1 rings (SSSR count). The zero-order valence-corrected chi connectivity index (χ0v) is 7.24. The van der Waals surface area contributed by atoms with E-state index in [-0.39, 0.29) is 0 Å². The van der Waals surface area contributed by atoms with Gasteiger partial charge in [-0.05, 0) is 12.1 Å².